The van der Waals surface area contributed by atoms with Crippen molar-refractivity contribution in [2.24, 2.45) is 0 Å². The van der Waals surface area contributed by atoms with Gasteiger partial charge in [0.15, 0.2) is 0 Å². The molecule has 0 aliphatic heterocycles. The van der Waals surface area contributed by atoms with Crippen LogP contribution in [0.15, 0.2) is 54.6 Å². The van der Waals surface area contributed by atoms with E-state index in [2.05, 4.69) is 15.3 Å². The number of rotatable bonds is 6. The number of esters is 1. The molecule has 0 saturated carbocycles. The van der Waals surface area contributed by atoms with E-state index >= 15 is 0 Å². The number of pyridine rings is 1. The van der Waals surface area contributed by atoms with Gasteiger partial charge in [0.25, 0.3) is 0 Å². The molecule has 2 aromatic heterocycles. The number of methoxy groups -OCH3 is 1. The second kappa shape index (κ2) is 7.60. The minimum absolute atomic E-state index is 0.315. The summed E-state index contributed by atoms with van der Waals surface area (Å²) in [6.07, 6.45) is 0. The molecule has 0 aliphatic carbocycles. The molecule has 0 radical (unpaired) electrons. The first-order valence-electron chi connectivity index (χ1n) is 9.14. The summed E-state index contributed by atoms with van der Waals surface area (Å²) in [6.45, 7) is 2.82. The van der Waals surface area contributed by atoms with Gasteiger partial charge in [-0.25, -0.2) is 9.78 Å². The first kappa shape index (κ1) is 17.9. The van der Waals surface area contributed by atoms with Crippen LogP contribution >= 0.6 is 0 Å². The molecule has 0 spiro atoms. The van der Waals surface area contributed by atoms with Crippen molar-refractivity contribution in [3.05, 3.63) is 65.7 Å². The number of aromatic nitrogens is 2. The van der Waals surface area contributed by atoms with Crippen LogP contribution in [-0.2, 0) is 11.3 Å². The van der Waals surface area contributed by atoms with Crippen LogP contribution in [0.1, 0.15) is 22.8 Å². The molecule has 0 amide bonds. The van der Waals surface area contributed by atoms with Gasteiger partial charge in [-0.3, -0.25) is 0 Å². The summed E-state index contributed by atoms with van der Waals surface area (Å²) in [4.78, 5) is 20.0. The molecule has 0 fully saturated rings. The van der Waals surface area contributed by atoms with Crippen molar-refractivity contribution in [1.29, 1.82) is 0 Å². The molecule has 0 bridgehead atoms. The van der Waals surface area contributed by atoms with E-state index in [0.29, 0.717) is 18.7 Å². The van der Waals surface area contributed by atoms with E-state index < -0.39 is 0 Å². The highest BCUT2D eigenvalue weighted by molar-refractivity contribution is 6.08. The third kappa shape index (κ3) is 3.49. The van der Waals surface area contributed by atoms with Gasteiger partial charge < -0.3 is 19.8 Å². The highest BCUT2D eigenvalue weighted by Crippen LogP contribution is 2.27. The van der Waals surface area contributed by atoms with Crippen LogP contribution in [0.5, 0.6) is 5.75 Å². The average molecular weight is 375 g/mol. The van der Waals surface area contributed by atoms with E-state index in [4.69, 9.17) is 9.47 Å². The van der Waals surface area contributed by atoms with Gasteiger partial charge in [0.1, 0.15) is 17.2 Å². The molecule has 0 aliphatic rings. The Labute approximate surface area is 162 Å². The zero-order chi connectivity index (χ0) is 19.5. The number of aromatic amines is 1. The normalized spacial score (nSPS) is 10.9. The van der Waals surface area contributed by atoms with Gasteiger partial charge in [-0.05, 0) is 55.0 Å². The lowest BCUT2D eigenvalue weighted by Gasteiger charge is -2.07. The molecule has 142 valence electrons. The average Bonchev–Trinajstić information content (AvgIpc) is 3.09. The quantitative estimate of drug-likeness (QED) is 0.485. The Morgan fingerprint density at radius 2 is 1.89 bits per heavy atom. The number of benzene rings is 2. The SMILES string of the molecule is CCOC(=O)c1ccc2[nH]c3nc(NCc4ccc(OC)cc4)ccc3c2c1. The smallest absolute Gasteiger partial charge is 0.338 e. The monoisotopic (exact) mass is 375 g/mol. The number of hydrogen-bond acceptors (Lipinski definition) is 5. The molecule has 0 saturated heterocycles. The van der Waals surface area contributed by atoms with Crippen LogP contribution in [0.4, 0.5) is 5.82 Å². The summed E-state index contributed by atoms with van der Waals surface area (Å²) < 4.78 is 10.3. The van der Waals surface area contributed by atoms with Gasteiger partial charge in [0, 0.05) is 22.8 Å². The molecule has 4 rings (SSSR count). The number of carbonyl (C=O) groups is 1. The van der Waals surface area contributed by atoms with E-state index in [0.717, 1.165) is 39.1 Å². The lowest BCUT2D eigenvalue weighted by molar-refractivity contribution is 0.0526. The maximum absolute atomic E-state index is 12.0. The standard InChI is InChI=1S/C22H21N3O3/c1-3-28-22(26)15-6-10-19-18(12-15)17-9-11-20(25-21(17)24-19)23-13-14-4-7-16(27-2)8-5-14/h4-12H,3,13H2,1-2H3,(H2,23,24,25). The van der Waals surface area contributed by atoms with E-state index in [1.807, 2.05) is 48.5 Å². The van der Waals surface area contributed by atoms with Gasteiger partial charge in [-0.15, -0.1) is 0 Å². The van der Waals surface area contributed by atoms with Crippen molar-refractivity contribution in [2.75, 3.05) is 19.0 Å². The topological polar surface area (TPSA) is 76.2 Å². The first-order chi connectivity index (χ1) is 13.7. The number of fused-ring (bicyclic) bond motifs is 3. The highest BCUT2D eigenvalue weighted by atomic mass is 16.5. The number of anilines is 1. The highest BCUT2D eigenvalue weighted by Gasteiger charge is 2.11. The summed E-state index contributed by atoms with van der Waals surface area (Å²) in [6, 6.07) is 17.3. The Hall–Kier alpha value is -3.54. The second-order valence-electron chi connectivity index (χ2n) is 6.40. The van der Waals surface area contributed by atoms with Crippen molar-refractivity contribution in [3.8, 4) is 5.75 Å². The number of nitrogens with zero attached hydrogens (tertiary/aromatic N) is 1. The van der Waals surface area contributed by atoms with Crippen LogP contribution < -0.4 is 10.1 Å². The van der Waals surface area contributed by atoms with Gasteiger partial charge in [-0.2, -0.15) is 0 Å². The summed E-state index contributed by atoms with van der Waals surface area (Å²) in [5, 5.41) is 5.26. The van der Waals surface area contributed by atoms with Crippen molar-refractivity contribution >= 4 is 33.7 Å². The molecule has 2 heterocycles. The van der Waals surface area contributed by atoms with E-state index in [9.17, 15) is 4.79 Å². The molecular formula is C22H21N3O3. The Morgan fingerprint density at radius 1 is 1.07 bits per heavy atom. The van der Waals surface area contributed by atoms with Gasteiger partial charge in [0.2, 0.25) is 0 Å². The van der Waals surface area contributed by atoms with Crippen LogP contribution in [0, 0.1) is 0 Å². The Bertz CT molecular complexity index is 1130. The predicted molar refractivity (Wildman–Crippen MR) is 110 cm³/mol. The summed E-state index contributed by atoms with van der Waals surface area (Å²) in [5.41, 5.74) is 3.38. The molecule has 2 N–H and O–H groups in total. The zero-order valence-corrected chi connectivity index (χ0v) is 15.8. The van der Waals surface area contributed by atoms with E-state index in [1.165, 1.54) is 0 Å². The third-order valence-corrected chi connectivity index (χ3v) is 4.60. The lowest BCUT2D eigenvalue weighted by Crippen LogP contribution is -2.03. The second-order valence-corrected chi connectivity index (χ2v) is 6.40. The van der Waals surface area contributed by atoms with Gasteiger partial charge >= 0.3 is 5.97 Å². The number of carbonyl (C=O) groups excluding carboxylic acids is 1. The molecule has 2 aromatic carbocycles. The number of ether oxygens (including phenoxy) is 2. The first-order valence-corrected chi connectivity index (χ1v) is 9.14. The fourth-order valence-corrected chi connectivity index (χ4v) is 3.15. The third-order valence-electron chi connectivity index (χ3n) is 4.60. The van der Waals surface area contributed by atoms with Crippen molar-refractivity contribution in [2.45, 2.75) is 13.5 Å². The molecule has 6 nitrogen and oxygen atoms in total. The number of H-pyrrole nitrogens is 1. The van der Waals surface area contributed by atoms with Gasteiger partial charge in [0.05, 0.1) is 19.3 Å². The minimum atomic E-state index is -0.315. The van der Waals surface area contributed by atoms with E-state index in [-0.39, 0.29) is 5.97 Å². The number of nitrogens with one attached hydrogen (secondary N) is 2. The molecule has 0 atom stereocenters. The molecule has 0 unspecified atom stereocenters. The zero-order valence-electron chi connectivity index (χ0n) is 15.8. The van der Waals surface area contributed by atoms with E-state index in [1.54, 1.807) is 20.1 Å². The largest absolute Gasteiger partial charge is 0.497 e. The summed E-state index contributed by atoms with van der Waals surface area (Å²) in [7, 11) is 1.66. The van der Waals surface area contributed by atoms with Crippen molar-refractivity contribution in [1.82, 2.24) is 9.97 Å². The maximum atomic E-state index is 12.0. The summed E-state index contributed by atoms with van der Waals surface area (Å²) in [5.74, 6) is 1.30. The summed E-state index contributed by atoms with van der Waals surface area (Å²) >= 11 is 0. The molecule has 4 aromatic rings. The Balaban J connectivity index is 1.58. The van der Waals surface area contributed by atoms with Crippen LogP contribution in [0.25, 0.3) is 21.9 Å². The van der Waals surface area contributed by atoms with Crippen molar-refractivity contribution in [3.63, 3.8) is 0 Å². The fraction of sp³-hybridized carbons (Fsp3) is 0.182. The molecule has 6 heteroatoms. The molecular weight excluding hydrogens is 354 g/mol. The van der Waals surface area contributed by atoms with Gasteiger partial charge in [-0.1, -0.05) is 12.1 Å². The predicted octanol–water partition coefficient (Wildman–Crippen LogP) is 4.51. The lowest BCUT2D eigenvalue weighted by atomic mass is 10.1. The Kier molecular flexibility index (Phi) is 4.85. The Morgan fingerprint density at radius 3 is 2.64 bits per heavy atom. The fourth-order valence-electron chi connectivity index (χ4n) is 3.15. The maximum Gasteiger partial charge on any atom is 0.338 e. The van der Waals surface area contributed by atoms with Crippen LogP contribution in [-0.4, -0.2) is 29.7 Å². The minimum Gasteiger partial charge on any atom is -0.497 e. The van der Waals surface area contributed by atoms with Crippen molar-refractivity contribution < 1.29 is 14.3 Å². The van der Waals surface area contributed by atoms with Crippen LogP contribution in [0.2, 0.25) is 0 Å². The van der Waals surface area contributed by atoms with Crippen LogP contribution in [0.3, 0.4) is 0 Å². The number of hydrogen-bond donors (Lipinski definition) is 2. The molecule has 28 heavy (non-hydrogen) atoms.